The number of imidazole rings is 1. The zero-order valence-electron chi connectivity index (χ0n) is 10.1. The van der Waals surface area contributed by atoms with Gasteiger partial charge in [-0.2, -0.15) is 0 Å². The Labute approximate surface area is 110 Å². The van der Waals surface area contributed by atoms with E-state index in [1.54, 1.807) is 29.7 Å². The van der Waals surface area contributed by atoms with Gasteiger partial charge in [0, 0.05) is 12.3 Å². The van der Waals surface area contributed by atoms with Crippen molar-refractivity contribution in [1.29, 1.82) is 0 Å². The molecule has 1 heterocycles. The van der Waals surface area contributed by atoms with Crippen molar-refractivity contribution in [2.45, 2.75) is 13.0 Å². The highest BCUT2D eigenvalue weighted by atomic mass is 35.5. The van der Waals surface area contributed by atoms with Crippen molar-refractivity contribution in [3.05, 3.63) is 23.2 Å². The Kier molecular flexibility index (Phi) is 3.25. The molecule has 0 saturated heterocycles. The first-order valence-corrected chi connectivity index (χ1v) is 7.83. The highest BCUT2D eigenvalue weighted by molar-refractivity contribution is 7.90. The van der Waals surface area contributed by atoms with E-state index in [4.69, 9.17) is 17.3 Å². The van der Waals surface area contributed by atoms with Crippen molar-refractivity contribution in [1.82, 2.24) is 9.55 Å². The molecule has 5 nitrogen and oxygen atoms in total. The molecule has 0 saturated carbocycles. The van der Waals surface area contributed by atoms with E-state index in [9.17, 15) is 8.42 Å². The van der Waals surface area contributed by atoms with Gasteiger partial charge in [0.1, 0.15) is 9.84 Å². The summed E-state index contributed by atoms with van der Waals surface area (Å²) in [6, 6.07) is 4.99. The minimum Gasteiger partial charge on any atom is -0.369 e. The summed E-state index contributed by atoms with van der Waals surface area (Å²) >= 11 is 6.12. The summed E-state index contributed by atoms with van der Waals surface area (Å²) in [5, 5.41) is 0.511. The van der Waals surface area contributed by atoms with Crippen LogP contribution in [-0.4, -0.2) is 30.0 Å². The molecular formula is C11H14ClN3O2S. The number of hydrogen-bond donors (Lipinski definition) is 1. The second-order valence-electron chi connectivity index (χ2n) is 4.39. The molecular weight excluding hydrogens is 274 g/mol. The molecule has 2 N–H and O–H groups in total. The third-order valence-corrected chi connectivity index (χ3v) is 4.07. The van der Waals surface area contributed by atoms with Crippen LogP contribution < -0.4 is 5.73 Å². The molecule has 0 amide bonds. The Bertz CT molecular complexity index is 694. The number of halogens is 1. The lowest BCUT2D eigenvalue weighted by Crippen LogP contribution is -2.18. The van der Waals surface area contributed by atoms with E-state index < -0.39 is 9.84 Å². The van der Waals surface area contributed by atoms with Gasteiger partial charge in [0.25, 0.3) is 0 Å². The molecule has 2 aromatic rings. The molecule has 0 radical (unpaired) electrons. The van der Waals surface area contributed by atoms with E-state index in [1.807, 2.05) is 0 Å². The molecule has 0 fully saturated rings. The van der Waals surface area contributed by atoms with E-state index in [1.165, 1.54) is 6.26 Å². The normalized spacial score (nSPS) is 13.9. The van der Waals surface area contributed by atoms with Crippen LogP contribution in [0, 0.1) is 0 Å². The Morgan fingerprint density at radius 1 is 1.50 bits per heavy atom. The molecule has 1 aromatic carbocycles. The molecule has 1 aromatic heterocycles. The third-order valence-electron chi connectivity index (χ3n) is 2.67. The third kappa shape index (κ3) is 2.44. The Balaban J connectivity index is 2.60. The molecule has 0 bridgehead atoms. The molecule has 0 aliphatic carbocycles. The number of nitrogens with zero attached hydrogens (tertiary/aromatic N) is 2. The SMILES string of the molecule is CC(CS(C)(=O)=O)n1c(N)nc2cccc(Cl)c21. The predicted octanol–water partition coefficient (Wildman–Crippen LogP) is 1.88. The fourth-order valence-corrected chi connectivity index (χ4v) is 3.37. The van der Waals surface area contributed by atoms with Crippen molar-refractivity contribution in [2.75, 3.05) is 17.7 Å². The Morgan fingerprint density at radius 3 is 2.78 bits per heavy atom. The Morgan fingerprint density at radius 2 is 2.17 bits per heavy atom. The van der Waals surface area contributed by atoms with E-state index in [0.29, 0.717) is 16.1 Å². The summed E-state index contributed by atoms with van der Waals surface area (Å²) < 4.78 is 24.4. The van der Waals surface area contributed by atoms with Crippen LogP contribution in [0.3, 0.4) is 0 Å². The van der Waals surface area contributed by atoms with Crippen LogP contribution in [0.1, 0.15) is 13.0 Å². The number of nitrogens with two attached hydrogens (primary N) is 1. The van der Waals surface area contributed by atoms with Gasteiger partial charge in [0.2, 0.25) is 5.95 Å². The van der Waals surface area contributed by atoms with E-state index in [2.05, 4.69) is 4.98 Å². The van der Waals surface area contributed by atoms with E-state index in [-0.39, 0.29) is 17.7 Å². The predicted molar refractivity (Wildman–Crippen MR) is 73.6 cm³/mol. The van der Waals surface area contributed by atoms with Gasteiger partial charge in [-0.15, -0.1) is 0 Å². The molecule has 98 valence electrons. The van der Waals surface area contributed by atoms with Gasteiger partial charge in [-0.3, -0.25) is 0 Å². The second kappa shape index (κ2) is 4.44. The summed E-state index contributed by atoms with van der Waals surface area (Å²) in [4.78, 5) is 4.19. The molecule has 1 unspecified atom stereocenters. The molecule has 0 spiro atoms. The van der Waals surface area contributed by atoms with Crippen molar-refractivity contribution in [3.8, 4) is 0 Å². The van der Waals surface area contributed by atoms with E-state index >= 15 is 0 Å². The highest BCUT2D eigenvalue weighted by Gasteiger charge is 2.19. The maximum atomic E-state index is 11.4. The summed E-state index contributed by atoms with van der Waals surface area (Å²) in [5.74, 6) is 0.266. The maximum Gasteiger partial charge on any atom is 0.201 e. The van der Waals surface area contributed by atoms with Crippen LogP contribution in [0.5, 0.6) is 0 Å². The lowest BCUT2D eigenvalue weighted by Gasteiger charge is -2.15. The number of sulfone groups is 1. The number of nitrogen functional groups attached to an aromatic ring is 1. The standard InChI is InChI=1S/C11H14ClN3O2S/c1-7(6-18(2,16)17)15-10-8(12)4-3-5-9(10)14-11(15)13/h3-5,7H,6H2,1-2H3,(H2,13,14). The number of anilines is 1. The highest BCUT2D eigenvalue weighted by Crippen LogP contribution is 2.29. The van der Waals surface area contributed by atoms with Crippen LogP contribution in [-0.2, 0) is 9.84 Å². The lowest BCUT2D eigenvalue weighted by atomic mass is 10.3. The zero-order valence-corrected chi connectivity index (χ0v) is 11.7. The summed E-state index contributed by atoms with van der Waals surface area (Å²) in [6.45, 7) is 1.78. The zero-order chi connectivity index (χ0) is 13.5. The molecule has 18 heavy (non-hydrogen) atoms. The van der Waals surface area contributed by atoms with Crippen molar-refractivity contribution in [3.63, 3.8) is 0 Å². The van der Waals surface area contributed by atoms with Crippen molar-refractivity contribution >= 4 is 38.4 Å². The van der Waals surface area contributed by atoms with Gasteiger partial charge >= 0.3 is 0 Å². The Hall–Kier alpha value is -1.27. The molecule has 0 aliphatic rings. The quantitative estimate of drug-likeness (QED) is 0.935. The first-order chi connectivity index (χ1) is 8.29. The van der Waals surface area contributed by atoms with Gasteiger partial charge in [-0.25, -0.2) is 13.4 Å². The minimum absolute atomic E-state index is 0.00607. The lowest BCUT2D eigenvalue weighted by molar-refractivity contribution is 0.571. The molecule has 1 atom stereocenters. The van der Waals surface area contributed by atoms with Gasteiger partial charge in [-0.1, -0.05) is 17.7 Å². The first-order valence-electron chi connectivity index (χ1n) is 5.39. The van der Waals surface area contributed by atoms with Crippen molar-refractivity contribution in [2.24, 2.45) is 0 Å². The minimum atomic E-state index is -3.09. The maximum absolute atomic E-state index is 11.4. The summed E-state index contributed by atoms with van der Waals surface area (Å²) in [6.07, 6.45) is 1.19. The average molecular weight is 288 g/mol. The number of benzene rings is 1. The van der Waals surface area contributed by atoms with Gasteiger partial charge in [0.05, 0.1) is 21.8 Å². The number of para-hydroxylation sites is 1. The monoisotopic (exact) mass is 287 g/mol. The van der Waals surface area contributed by atoms with Gasteiger partial charge in [0.15, 0.2) is 0 Å². The summed E-state index contributed by atoms with van der Waals surface area (Å²) in [7, 11) is -3.09. The number of aromatic nitrogens is 2. The largest absolute Gasteiger partial charge is 0.369 e. The molecule has 2 rings (SSSR count). The second-order valence-corrected chi connectivity index (χ2v) is 6.98. The average Bonchev–Trinajstić information content (AvgIpc) is 2.53. The topological polar surface area (TPSA) is 78.0 Å². The van der Waals surface area contributed by atoms with Crippen LogP contribution in [0.25, 0.3) is 11.0 Å². The van der Waals surface area contributed by atoms with Crippen molar-refractivity contribution < 1.29 is 8.42 Å². The molecule has 0 aliphatic heterocycles. The van der Waals surface area contributed by atoms with Gasteiger partial charge in [-0.05, 0) is 19.1 Å². The van der Waals surface area contributed by atoms with Gasteiger partial charge < -0.3 is 10.3 Å². The van der Waals surface area contributed by atoms with Crippen LogP contribution >= 0.6 is 11.6 Å². The number of hydrogen-bond acceptors (Lipinski definition) is 4. The smallest absolute Gasteiger partial charge is 0.201 e. The van der Waals surface area contributed by atoms with E-state index in [0.717, 1.165) is 0 Å². The fourth-order valence-electron chi connectivity index (χ4n) is 2.08. The molecule has 7 heteroatoms. The van der Waals surface area contributed by atoms with Crippen LogP contribution in [0.2, 0.25) is 5.02 Å². The number of rotatable bonds is 3. The van der Waals surface area contributed by atoms with Crippen LogP contribution in [0.4, 0.5) is 5.95 Å². The fraction of sp³-hybridized carbons (Fsp3) is 0.364. The summed E-state index contributed by atoms with van der Waals surface area (Å²) in [5.41, 5.74) is 7.18. The number of fused-ring (bicyclic) bond motifs is 1. The van der Waals surface area contributed by atoms with Crippen LogP contribution in [0.15, 0.2) is 18.2 Å². The first kappa shape index (κ1) is 13.2.